The van der Waals surface area contributed by atoms with Gasteiger partial charge in [-0.3, -0.25) is 19.3 Å². The van der Waals surface area contributed by atoms with Gasteiger partial charge in [-0.1, -0.05) is 84.9 Å². The fourth-order valence-corrected chi connectivity index (χ4v) is 5.36. The summed E-state index contributed by atoms with van der Waals surface area (Å²) in [5.74, 6) is -0.0947. The van der Waals surface area contributed by atoms with Gasteiger partial charge in [0.05, 0.1) is 24.9 Å². The molecule has 0 spiro atoms. The molecule has 2 heterocycles. The number of para-hydroxylation sites is 1. The van der Waals surface area contributed by atoms with Gasteiger partial charge in [0.25, 0.3) is 5.91 Å². The van der Waals surface area contributed by atoms with Crippen LogP contribution in [-0.4, -0.2) is 29.4 Å². The molecule has 0 radical (unpaired) electrons. The van der Waals surface area contributed by atoms with Crippen molar-refractivity contribution in [3.05, 3.63) is 126 Å². The molecule has 3 atom stereocenters. The van der Waals surface area contributed by atoms with Crippen molar-refractivity contribution >= 4 is 17.5 Å². The molecule has 0 N–H and O–H groups in total. The maximum Gasteiger partial charge on any atom is 0.262 e. The van der Waals surface area contributed by atoms with Crippen LogP contribution in [-0.2, 0) is 27.6 Å². The van der Waals surface area contributed by atoms with Crippen LogP contribution in [0.25, 0.3) is 0 Å². The molecule has 7 heteroatoms. The molecule has 2 amide bonds. The number of carbonyl (C=O) groups excluding carboxylic acids is 2. The van der Waals surface area contributed by atoms with Gasteiger partial charge in [0, 0.05) is 0 Å². The summed E-state index contributed by atoms with van der Waals surface area (Å²) in [6.45, 7) is 2.97. The zero-order valence-corrected chi connectivity index (χ0v) is 22.2. The van der Waals surface area contributed by atoms with Crippen molar-refractivity contribution < 1.29 is 23.9 Å². The van der Waals surface area contributed by atoms with Gasteiger partial charge in [-0.2, -0.15) is 0 Å². The van der Waals surface area contributed by atoms with Crippen LogP contribution in [0.2, 0.25) is 0 Å². The first-order valence-corrected chi connectivity index (χ1v) is 13.5. The van der Waals surface area contributed by atoms with Crippen LogP contribution in [0, 0.1) is 5.92 Å². The van der Waals surface area contributed by atoms with Gasteiger partial charge < -0.3 is 9.47 Å². The summed E-state index contributed by atoms with van der Waals surface area (Å²) in [5, 5.41) is 1.69. The lowest BCUT2D eigenvalue weighted by Crippen LogP contribution is -2.36. The van der Waals surface area contributed by atoms with Crippen molar-refractivity contribution in [3.8, 4) is 11.5 Å². The maximum atomic E-state index is 13.8. The first-order valence-electron chi connectivity index (χ1n) is 13.5. The second-order valence-corrected chi connectivity index (χ2v) is 9.82. The third kappa shape index (κ3) is 4.92. The van der Waals surface area contributed by atoms with E-state index in [1.54, 1.807) is 5.06 Å². The van der Waals surface area contributed by atoms with Crippen LogP contribution in [0.1, 0.15) is 29.7 Å². The summed E-state index contributed by atoms with van der Waals surface area (Å²) in [5.41, 5.74) is 3.50. The molecule has 202 valence electrons. The van der Waals surface area contributed by atoms with E-state index in [-0.39, 0.29) is 18.4 Å². The highest BCUT2D eigenvalue weighted by Crippen LogP contribution is 2.48. The Balaban J connectivity index is 1.34. The van der Waals surface area contributed by atoms with Crippen molar-refractivity contribution in [3.63, 3.8) is 0 Å². The molecular formula is C33H30N2O5. The quantitative estimate of drug-likeness (QED) is 0.256. The zero-order valence-electron chi connectivity index (χ0n) is 22.2. The maximum absolute atomic E-state index is 13.8. The van der Waals surface area contributed by atoms with Crippen molar-refractivity contribution in [1.82, 2.24) is 4.90 Å². The van der Waals surface area contributed by atoms with Gasteiger partial charge in [0.1, 0.15) is 12.5 Å². The van der Waals surface area contributed by atoms with Crippen LogP contribution in [0.15, 0.2) is 109 Å². The Morgan fingerprint density at radius 2 is 1.38 bits per heavy atom. The van der Waals surface area contributed by atoms with E-state index < -0.39 is 18.1 Å². The number of ether oxygens (including phenoxy) is 2. The van der Waals surface area contributed by atoms with E-state index in [1.165, 1.54) is 4.90 Å². The smallest absolute Gasteiger partial charge is 0.262 e. The third-order valence-electron chi connectivity index (χ3n) is 7.25. The molecule has 2 aliphatic rings. The molecular weight excluding hydrogens is 504 g/mol. The minimum Gasteiger partial charge on any atom is -0.490 e. The molecule has 7 nitrogen and oxygen atoms in total. The van der Waals surface area contributed by atoms with E-state index in [1.807, 2.05) is 116 Å². The SMILES string of the molecule is CCOc1cc([C@@H]2[C@H]3C(=O)N(Cc4ccccc4)C(=O)[C@H]3ON2c2ccccc2)ccc1OCc1ccccc1. The van der Waals surface area contributed by atoms with Crippen LogP contribution in [0.5, 0.6) is 11.5 Å². The van der Waals surface area contributed by atoms with E-state index in [2.05, 4.69) is 0 Å². The van der Waals surface area contributed by atoms with E-state index in [9.17, 15) is 9.59 Å². The summed E-state index contributed by atoms with van der Waals surface area (Å²) >= 11 is 0. The number of imide groups is 1. The van der Waals surface area contributed by atoms with Gasteiger partial charge in [0.15, 0.2) is 17.6 Å². The summed E-state index contributed by atoms with van der Waals surface area (Å²) in [4.78, 5) is 34.9. The number of likely N-dealkylation sites (tertiary alicyclic amines) is 1. The Kier molecular flexibility index (Phi) is 7.21. The minimum atomic E-state index is -0.911. The molecule has 4 aromatic carbocycles. The average molecular weight is 535 g/mol. The molecule has 6 rings (SSSR count). The van der Waals surface area contributed by atoms with Gasteiger partial charge in [-0.15, -0.1) is 0 Å². The van der Waals surface area contributed by atoms with Crippen LogP contribution >= 0.6 is 0 Å². The van der Waals surface area contributed by atoms with E-state index >= 15 is 0 Å². The van der Waals surface area contributed by atoms with E-state index in [4.69, 9.17) is 14.3 Å². The van der Waals surface area contributed by atoms with Crippen molar-refractivity contribution in [2.45, 2.75) is 32.2 Å². The number of nitrogens with zero attached hydrogens (tertiary/aromatic N) is 2. The van der Waals surface area contributed by atoms with E-state index in [0.717, 1.165) is 22.4 Å². The minimum absolute atomic E-state index is 0.212. The largest absolute Gasteiger partial charge is 0.490 e. The Morgan fingerprint density at radius 1 is 0.725 bits per heavy atom. The second kappa shape index (κ2) is 11.2. The summed E-state index contributed by atoms with van der Waals surface area (Å²) in [7, 11) is 0. The van der Waals surface area contributed by atoms with Gasteiger partial charge in [0.2, 0.25) is 5.91 Å². The Hall–Kier alpha value is -4.62. The summed E-state index contributed by atoms with van der Waals surface area (Å²) in [6, 6.07) is 34.1. The number of rotatable bonds is 9. The third-order valence-corrected chi connectivity index (χ3v) is 7.25. The summed E-state index contributed by atoms with van der Waals surface area (Å²) in [6.07, 6.45) is -0.911. The fraction of sp³-hybridized carbons (Fsp3) is 0.212. The molecule has 0 aromatic heterocycles. The lowest BCUT2D eigenvalue weighted by Gasteiger charge is -2.29. The highest BCUT2D eigenvalue weighted by Gasteiger charge is 2.59. The predicted molar refractivity (Wildman–Crippen MR) is 150 cm³/mol. The zero-order chi connectivity index (χ0) is 27.5. The average Bonchev–Trinajstić information content (AvgIpc) is 3.50. The molecule has 2 fully saturated rings. The first-order chi connectivity index (χ1) is 19.6. The second-order valence-electron chi connectivity index (χ2n) is 9.82. The van der Waals surface area contributed by atoms with Gasteiger partial charge in [-0.25, -0.2) is 5.06 Å². The van der Waals surface area contributed by atoms with Crippen LogP contribution < -0.4 is 14.5 Å². The first kappa shape index (κ1) is 25.6. The number of hydroxylamine groups is 1. The number of benzene rings is 4. The predicted octanol–water partition coefficient (Wildman–Crippen LogP) is 5.71. The fourth-order valence-electron chi connectivity index (χ4n) is 5.36. The highest BCUT2D eigenvalue weighted by molar-refractivity contribution is 6.07. The molecule has 2 saturated heterocycles. The molecule has 0 aliphatic carbocycles. The normalized spacial score (nSPS) is 20.1. The number of hydrogen-bond acceptors (Lipinski definition) is 6. The van der Waals surface area contributed by atoms with Crippen molar-refractivity contribution in [2.75, 3.05) is 11.7 Å². The monoisotopic (exact) mass is 534 g/mol. The molecule has 0 unspecified atom stereocenters. The topological polar surface area (TPSA) is 68.3 Å². The Labute approximate surface area is 233 Å². The molecule has 4 aromatic rings. The van der Waals surface area contributed by atoms with Crippen molar-refractivity contribution in [2.24, 2.45) is 5.92 Å². The lowest BCUT2D eigenvalue weighted by molar-refractivity contribution is -0.143. The summed E-state index contributed by atoms with van der Waals surface area (Å²) < 4.78 is 12.1. The lowest BCUT2D eigenvalue weighted by atomic mass is 9.90. The molecule has 0 bridgehead atoms. The van der Waals surface area contributed by atoms with Crippen LogP contribution in [0.3, 0.4) is 0 Å². The van der Waals surface area contributed by atoms with Gasteiger partial charge in [-0.05, 0) is 47.9 Å². The molecule has 40 heavy (non-hydrogen) atoms. The highest BCUT2D eigenvalue weighted by atomic mass is 16.7. The van der Waals surface area contributed by atoms with E-state index in [0.29, 0.717) is 24.7 Å². The Bertz CT molecular complexity index is 1480. The molecule has 0 saturated carbocycles. The number of anilines is 1. The number of hydrogen-bond donors (Lipinski definition) is 0. The van der Waals surface area contributed by atoms with Gasteiger partial charge >= 0.3 is 0 Å². The standard InChI is InChI=1S/C33H30N2O5/c1-2-38-28-20-25(18-19-27(28)39-22-24-14-8-4-9-15-24)30-29-31(40-35(30)26-16-10-5-11-17-26)33(37)34(32(29)36)21-23-12-6-3-7-13-23/h3-20,29-31H,2,21-22H2,1H3/t29-,30-,31+/m1/s1. The number of carbonyl (C=O) groups is 2. The number of amides is 2. The Morgan fingerprint density at radius 3 is 2.05 bits per heavy atom. The number of fused-ring (bicyclic) bond motifs is 1. The van der Waals surface area contributed by atoms with Crippen molar-refractivity contribution in [1.29, 1.82) is 0 Å². The molecule has 2 aliphatic heterocycles. The van der Waals surface area contributed by atoms with Crippen LogP contribution in [0.4, 0.5) is 5.69 Å².